The summed E-state index contributed by atoms with van der Waals surface area (Å²) in [6.07, 6.45) is 4.55. The third kappa shape index (κ3) is 2.30. The third-order valence-corrected chi connectivity index (χ3v) is 5.10. The molecule has 0 radical (unpaired) electrons. The van der Waals surface area contributed by atoms with E-state index in [9.17, 15) is 5.11 Å². The largest absolute Gasteiger partial charge is 0.392 e. The molecule has 0 spiro atoms. The molecule has 1 aliphatic heterocycles. The second-order valence-electron chi connectivity index (χ2n) is 5.58. The van der Waals surface area contributed by atoms with Gasteiger partial charge in [0.25, 0.3) is 0 Å². The number of hydrogen-bond donors (Lipinski definition) is 1. The maximum Gasteiger partial charge on any atom is 0.193 e. The lowest BCUT2D eigenvalue weighted by atomic mass is 9.83. The van der Waals surface area contributed by atoms with Gasteiger partial charge in [-0.3, -0.25) is 4.40 Å². The molecule has 104 valence electrons. The van der Waals surface area contributed by atoms with E-state index in [4.69, 9.17) is 4.74 Å². The highest BCUT2D eigenvalue weighted by atomic mass is 32.1. The molecule has 3 rings (SSSR count). The van der Waals surface area contributed by atoms with E-state index >= 15 is 0 Å². The van der Waals surface area contributed by atoms with E-state index in [1.807, 2.05) is 22.2 Å². The normalized spacial score (nSPS) is 33.1. The highest BCUT2D eigenvalue weighted by Gasteiger charge is 2.41. The minimum absolute atomic E-state index is 0.115. The Labute approximate surface area is 117 Å². The zero-order valence-electron chi connectivity index (χ0n) is 11.5. The van der Waals surface area contributed by atoms with E-state index < -0.39 is 0 Å². The van der Waals surface area contributed by atoms with Crippen molar-refractivity contribution in [1.82, 2.24) is 9.38 Å². The zero-order chi connectivity index (χ0) is 13.6. The molecule has 0 aromatic carbocycles. The van der Waals surface area contributed by atoms with Crippen LogP contribution in [-0.2, 0) is 11.2 Å². The topological polar surface area (TPSA) is 46.8 Å². The smallest absolute Gasteiger partial charge is 0.193 e. The number of rotatable bonds is 3. The maximum absolute atomic E-state index is 10.5. The van der Waals surface area contributed by atoms with Gasteiger partial charge in [0.2, 0.25) is 0 Å². The van der Waals surface area contributed by atoms with Gasteiger partial charge in [0.1, 0.15) is 0 Å². The van der Waals surface area contributed by atoms with Gasteiger partial charge in [0.05, 0.1) is 24.0 Å². The van der Waals surface area contributed by atoms with E-state index in [-0.39, 0.29) is 24.2 Å². The van der Waals surface area contributed by atoms with E-state index in [0.29, 0.717) is 12.3 Å². The highest BCUT2D eigenvalue weighted by molar-refractivity contribution is 7.15. The van der Waals surface area contributed by atoms with Crippen molar-refractivity contribution in [2.75, 3.05) is 0 Å². The van der Waals surface area contributed by atoms with Crippen LogP contribution >= 0.6 is 11.3 Å². The number of hydrogen-bond acceptors (Lipinski definition) is 4. The first-order valence-electron chi connectivity index (χ1n) is 6.81. The molecule has 5 unspecified atom stereocenters. The number of imidazole rings is 1. The van der Waals surface area contributed by atoms with Gasteiger partial charge in [-0.2, -0.15) is 0 Å². The summed E-state index contributed by atoms with van der Waals surface area (Å²) < 4.78 is 7.81. The molecule has 0 bridgehead atoms. The van der Waals surface area contributed by atoms with Crippen LogP contribution < -0.4 is 0 Å². The van der Waals surface area contributed by atoms with Crippen LogP contribution in [0, 0.1) is 11.8 Å². The molecule has 3 heterocycles. The van der Waals surface area contributed by atoms with Crippen molar-refractivity contribution in [2.24, 2.45) is 11.8 Å². The van der Waals surface area contributed by atoms with Crippen molar-refractivity contribution in [2.45, 2.75) is 45.5 Å². The van der Waals surface area contributed by atoms with Gasteiger partial charge in [-0.1, -0.05) is 6.92 Å². The first-order chi connectivity index (χ1) is 9.06. The Morgan fingerprint density at radius 3 is 2.84 bits per heavy atom. The van der Waals surface area contributed by atoms with Gasteiger partial charge in [-0.05, 0) is 19.8 Å². The summed E-state index contributed by atoms with van der Waals surface area (Å²) in [6.45, 7) is 6.30. The fourth-order valence-electron chi connectivity index (χ4n) is 3.18. The Bertz CT molecular complexity index is 536. The monoisotopic (exact) mass is 280 g/mol. The quantitative estimate of drug-likeness (QED) is 0.939. The van der Waals surface area contributed by atoms with Crippen LogP contribution in [0.15, 0.2) is 17.8 Å². The summed E-state index contributed by atoms with van der Waals surface area (Å²) in [5.41, 5.74) is 0.957. The van der Waals surface area contributed by atoms with Crippen molar-refractivity contribution in [3.8, 4) is 0 Å². The van der Waals surface area contributed by atoms with Crippen molar-refractivity contribution in [1.29, 1.82) is 0 Å². The lowest BCUT2D eigenvalue weighted by Gasteiger charge is -2.24. The van der Waals surface area contributed by atoms with Crippen LogP contribution in [0.1, 0.15) is 26.5 Å². The molecule has 0 saturated carbocycles. The summed E-state index contributed by atoms with van der Waals surface area (Å²) in [4.78, 5) is 5.52. The van der Waals surface area contributed by atoms with E-state index in [2.05, 4.69) is 25.8 Å². The molecule has 1 N–H and O–H groups in total. The minimum atomic E-state index is -0.389. The van der Waals surface area contributed by atoms with Crippen molar-refractivity contribution < 1.29 is 9.84 Å². The number of aromatic nitrogens is 2. The van der Waals surface area contributed by atoms with Crippen LogP contribution in [0.2, 0.25) is 0 Å². The van der Waals surface area contributed by atoms with Gasteiger partial charge >= 0.3 is 0 Å². The van der Waals surface area contributed by atoms with Gasteiger partial charge in [0, 0.05) is 30.1 Å². The van der Waals surface area contributed by atoms with Crippen LogP contribution in [0.4, 0.5) is 0 Å². The predicted molar refractivity (Wildman–Crippen MR) is 75.4 cm³/mol. The number of aliphatic hydroxyl groups excluding tert-OH is 1. The number of aliphatic hydroxyl groups is 1. The molecule has 1 fully saturated rings. The lowest BCUT2D eigenvalue weighted by Crippen LogP contribution is -2.32. The first-order valence-corrected chi connectivity index (χ1v) is 7.69. The number of fused-ring (bicyclic) bond motifs is 1. The van der Waals surface area contributed by atoms with Gasteiger partial charge in [0.15, 0.2) is 4.96 Å². The molecular formula is C14H20N2O2S. The van der Waals surface area contributed by atoms with Crippen molar-refractivity contribution in [3.63, 3.8) is 0 Å². The fourth-order valence-corrected chi connectivity index (χ4v) is 3.90. The molecule has 0 aliphatic carbocycles. The van der Waals surface area contributed by atoms with E-state index in [0.717, 1.165) is 10.7 Å². The summed E-state index contributed by atoms with van der Waals surface area (Å²) >= 11 is 1.61. The molecule has 4 nitrogen and oxygen atoms in total. The summed E-state index contributed by atoms with van der Waals surface area (Å²) in [6, 6.07) is 0. The average Bonchev–Trinajstić information content (AvgIpc) is 2.94. The molecular weight excluding hydrogens is 260 g/mol. The standard InChI is InChI=1S/C14H20N2O2S/c1-8-9(2)18-10(3)13(8)12(17)6-11-7-16-4-5-19-14(16)15-11/h4-5,7-10,12-13,17H,6H2,1-3H3. The van der Waals surface area contributed by atoms with Crippen molar-refractivity contribution in [3.05, 3.63) is 23.5 Å². The molecule has 2 aromatic rings. The second kappa shape index (κ2) is 4.89. The number of nitrogens with zero attached hydrogens (tertiary/aromatic N) is 2. The maximum atomic E-state index is 10.5. The molecule has 0 amide bonds. The SMILES string of the molecule is CC1OC(C)C(C(O)Cc2cn3ccsc3n2)C1C. The van der Waals surface area contributed by atoms with Crippen LogP contribution in [-0.4, -0.2) is 32.8 Å². The zero-order valence-corrected chi connectivity index (χ0v) is 12.3. The summed E-state index contributed by atoms with van der Waals surface area (Å²) in [5, 5.41) is 12.5. The van der Waals surface area contributed by atoms with Gasteiger partial charge in [-0.15, -0.1) is 11.3 Å². The summed E-state index contributed by atoms with van der Waals surface area (Å²) in [7, 11) is 0. The Balaban J connectivity index is 1.74. The number of ether oxygens (including phenoxy) is 1. The second-order valence-corrected chi connectivity index (χ2v) is 6.45. The predicted octanol–water partition coefficient (Wildman–Crippen LogP) is 2.36. The highest BCUT2D eigenvalue weighted by Crippen LogP contribution is 2.35. The van der Waals surface area contributed by atoms with Crippen LogP contribution in [0.5, 0.6) is 0 Å². The van der Waals surface area contributed by atoms with E-state index in [1.54, 1.807) is 11.3 Å². The molecule has 2 aromatic heterocycles. The fraction of sp³-hybridized carbons (Fsp3) is 0.643. The molecule has 5 heteroatoms. The Morgan fingerprint density at radius 2 is 2.21 bits per heavy atom. The average molecular weight is 280 g/mol. The molecule has 5 atom stereocenters. The number of thiazole rings is 1. The Morgan fingerprint density at radius 1 is 1.42 bits per heavy atom. The Kier molecular flexibility index (Phi) is 3.37. The first kappa shape index (κ1) is 13.1. The Hall–Kier alpha value is -0.910. The van der Waals surface area contributed by atoms with Crippen LogP contribution in [0.3, 0.4) is 0 Å². The minimum Gasteiger partial charge on any atom is -0.392 e. The third-order valence-electron chi connectivity index (χ3n) is 4.32. The van der Waals surface area contributed by atoms with Gasteiger partial charge in [-0.25, -0.2) is 4.98 Å². The van der Waals surface area contributed by atoms with Crippen LogP contribution in [0.25, 0.3) is 4.96 Å². The lowest BCUT2D eigenvalue weighted by molar-refractivity contribution is 0.0237. The summed E-state index contributed by atoms with van der Waals surface area (Å²) in [5.74, 6) is 0.573. The van der Waals surface area contributed by atoms with Gasteiger partial charge < -0.3 is 9.84 Å². The molecule has 1 aliphatic rings. The molecule has 1 saturated heterocycles. The molecule has 19 heavy (non-hydrogen) atoms. The van der Waals surface area contributed by atoms with Crippen molar-refractivity contribution >= 4 is 16.3 Å². The van der Waals surface area contributed by atoms with E-state index in [1.165, 1.54) is 0 Å².